The molecule has 0 aromatic rings. The maximum atomic E-state index is 11.3. The van der Waals surface area contributed by atoms with E-state index in [9.17, 15) is 13.2 Å². The van der Waals surface area contributed by atoms with Crippen molar-refractivity contribution >= 4 is 16.0 Å². The number of aliphatic carboxylic acids is 1. The Bertz CT molecular complexity index is 284. The van der Waals surface area contributed by atoms with Crippen LogP contribution in [-0.2, 0) is 14.8 Å². The van der Waals surface area contributed by atoms with Crippen molar-refractivity contribution in [2.75, 3.05) is 6.61 Å². The van der Waals surface area contributed by atoms with E-state index < -0.39 is 27.3 Å². The van der Waals surface area contributed by atoms with Gasteiger partial charge in [0.2, 0.25) is 10.0 Å². The van der Waals surface area contributed by atoms with Crippen LogP contribution in [0.3, 0.4) is 0 Å². The molecule has 84 valence electrons. The first kappa shape index (κ1) is 13.3. The normalized spacial score (nSPS) is 14.3. The molecule has 0 heterocycles. The first-order valence-corrected chi connectivity index (χ1v) is 5.70. The molecule has 3 N–H and O–H groups in total. The number of carboxylic acids is 1. The lowest BCUT2D eigenvalue weighted by Crippen LogP contribution is -2.44. The molecule has 0 bridgehead atoms. The SMILES string of the molecule is CC(C)S(=O)(=O)N[C@H](CCO)C(=O)O. The van der Waals surface area contributed by atoms with E-state index in [1.165, 1.54) is 13.8 Å². The third kappa shape index (κ3) is 4.03. The summed E-state index contributed by atoms with van der Waals surface area (Å²) in [7, 11) is -3.61. The second-order valence-electron chi connectivity index (χ2n) is 3.11. The molecule has 0 unspecified atom stereocenters. The quantitative estimate of drug-likeness (QED) is 0.546. The predicted octanol–water partition coefficient (Wildman–Crippen LogP) is -0.850. The molecule has 1 atom stereocenters. The van der Waals surface area contributed by atoms with Crippen LogP contribution in [0, 0.1) is 0 Å². The van der Waals surface area contributed by atoms with Gasteiger partial charge in [0.1, 0.15) is 6.04 Å². The molecule has 0 aliphatic heterocycles. The van der Waals surface area contributed by atoms with Crippen LogP contribution in [0.15, 0.2) is 0 Å². The van der Waals surface area contributed by atoms with Crippen LogP contribution in [0.5, 0.6) is 0 Å². The van der Waals surface area contributed by atoms with E-state index in [0.717, 1.165) is 0 Å². The number of aliphatic hydroxyl groups is 1. The highest BCUT2D eigenvalue weighted by atomic mass is 32.2. The predicted molar refractivity (Wildman–Crippen MR) is 50.3 cm³/mol. The second-order valence-corrected chi connectivity index (χ2v) is 5.38. The molecule has 0 amide bonds. The molecular formula is C7H15NO5S. The Morgan fingerprint density at radius 2 is 1.93 bits per heavy atom. The molecule has 0 aromatic heterocycles. The molecule has 0 spiro atoms. The summed E-state index contributed by atoms with van der Waals surface area (Å²) in [4.78, 5) is 10.6. The van der Waals surface area contributed by atoms with Gasteiger partial charge in [0.25, 0.3) is 0 Å². The Morgan fingerprint density at radius 3 is 2.21 bits per heavy atom. The van der Waals surface area contributed by atoms with Gasteiger partial charge in [-0.2, -0.15) is 0 Å². The van der Waals surface area contributed by atoms with Crippen molar-refractivity contribution in [3.8, 4) is 0 Å². The molecule has 0 aliphatic carbocycles. The highest BCUT2D eigenvalue weighted by Crippen LogP contribution is 2.01. The van der Waals surface area contributed by atoms with E-state index in [-0.39, 0.29) is 13.0 Å². The summed E-state index contributed by atoms with van der Waals surface area (Å²) in [6.07, 6.45) is -0.138. The average Bonchev–Trinajstić information content (AvgIpc) is 2.02. The summed E-state index contributed by atoms with van der Waals surface area (Å²) in [5, 5.41) is 16.4. The number of carboxylic acid groups (broad SMARTS) is 1. The van der Waals surface area contributed by atoms with Crippen LogP contribution in [0.2, 0.25) is 0 Å². The summed E-state index contributed by atoms with van der Waals surface area (Å²) >= 11 is 0. The molecule has 0 aromatic carbocycles. The molecule has 6 nitrogen and oxygen atoms in total. The Morgan fingerprint density at radius 1 is 1.43 bits per heavy atom. The van der Waals surface area contributed by atoms with E-state index in [0.29, 0.717) is 0 Å². The fourth-order valence-electron chi connectivity index (χ4n) is 0.696. The summed E-state index contributed by atoms with van der Waals surface area (Å²) in [6, 6.07) is -1.26. The van der Waals surface area contributed by atoms with Gasteiger partial charge in [-0.15, -0.1) is 0 Å². The second kappa shape index (κ2) is 5.28. The van der Waals surface area contributed by atoms with Crippen LogP contribution < -0.4 is 4.72 Å². The van der Waals surface area contributed by atoms with Gasteiger partial charge < -0.3 is 10.2 Å². The highest BCUT2D eigenvalue weighted by molar-refractivity contribution is 7.90. The molecule has 7 heteroatoms. The largest absolute Gasteiger partial charge is 0.480 e. The molecule has 0 fully saturated rings. The van der Waals surface area contributed by atoms with E-state index in [4.69, 9.17) is 10.2 Å². The Labute approximate surface area is 83.0 Å². The summed E-state index contributed by atoms with van der Waals surface area (Å²) in [5.74, 6) is -1.29. The van der Waals surface area contributed by atoms with Crippen molar-refractivity contribution in [2.24, 2.45) is 0 Å². The lowest BCUT2D eigenvalue weighted by molar-refractivity contribution is -0.139. The number of nitrogens with one attached hydrogen (secondary N) is 1. The van der Waals surface area contributed by atoms with Crippen LogP contribution in [-0.4, -0.2) is 42.5 Å². The van der Waals surface area contributed by atoms with Crippen molar-refractivity contribution in [2.45, 2.75) is 31.6 Å². The van der Waals surface area contributed by atoms with Gasteiger partial charge in [0.05, 0.1) is 5.25 Å². The van der Waals surface area contributed by atoms with Crippen molar-refractivity contribution in [1.29, 1.82) is 0 Å². The zero-order valence-corrected chi connectivity index (χ0v) is 8.91. The fourth-order valence-corrected chi connectivity index (χ4v) is 1.58. The smallest absolute Gasteiger partial charge is 0.321 e. The molecule has 0 saturated heterocycles. The van der Waals surface area contributed by atoms with E-state index in [1.54, 1.807) is 0 Å². The van der Waals surface area contributed by atoms with Crippen molar-refractivity contribution in [1.82, 2.24) is 4.72 Å². The zero-order chi connectivity index (χ0) is 11.4. The van der Waals surface area contributed by atoms with Gasteiger partial charge in [-0.25, -0.2) is 13.1 Å². The third-order valence-electron chi connectivity index (χ3n) is 1.64. The number of aliphatic hydroxyl groups excluding tert-OH is 1. The van der Waals surface area contributed by atoms with Crippen LogP contribution in [0.1, 0.15) is 20.3 Å². The average molecular weight is 225 g/mol. The number of hydrogen-bond donors (Lipinski definition) is 3. The lowest BCUT2D eigenvalue weighted by Gasteiger charge is -2.15. The van der Waals surface area contributed by atoms with Gasteiger partial charge in [-0.05, 0) is 20.3 Å². The number of rotatable bonds is 6. The molecule has 0 aliphatic rings. The Balaban J connectivity index is 4.53. The van der Waals surface area contributed by atoms with E-state index in [1.807, 2.05) is 4.72 Å². The molecule has 0 radical (unpaired) electrons. The zero-order valence-electron chi connectivity index (χ0n) is 8.10. The van der Waals surface area contributed by atoms with Gasteiger partial charge in [-0.1, -0.05) is 0 Å². The van der Waals surface area contributed by atoms with Crippen molar-refractivity contribution in [3.63, 3.8) is 0 Å². The van der Waals surface area contributed by atoms with E-state index in [2.05, 4.69) is 0 Å². The van der Waals surface area contributed by atoms with Crippen LogP contribution >= 0.6 is 0 Å². The monoisotopic (exact) mass is 225 g/mol. The van der Waals surface area contributed by atoms with Crippen LogP contribution in [0.25, 0.3) is 0 Å². The minimum atomic E-state index is -3.61. The number of sulfonamides is 1. The lowest BCUT2D eigenvalue weighted by atomic mass is 10.2. The molecule has 0 rings (SSSR count). The van der Waals surface area contributed by atoms with Gasteiger partial charge in [0.15, 0.2) is 0 Å². The van der Waals surface area contributed by atoms with Crippen molar-refractivity contribution < 1.29 is 23.4 Å². The Hall–Kier alpha value is -0.660. The minimum Gasteiger partial charge on any atom is -0.480 e. The topological polar surface area (TPSA) is 104 Å². The van der Waals surface area contributed by atoms with Crippen LogP contribution in [0.4, 0.5) is 0 Å². The maximum Gasteiger partial charge on any atom is 0.321 e. The van der Waals surface area contributed by atoms with E-state index >= 15 is 0 Å². The Kier molecular flexibility index (Phi) is 5.03. The molecule has 14 heavy (non-hydrogen) atoms. The summed E-state index contributed by atoms with van der Waals surface area (Å²) in [6.45, 7) is 2.51. The molecular weight excluding hydrogens is 210 g/mol. The first-order chi connectivity index (χ1) is 6.31. The van der Waals surface area contributed by atoms with Gasteiger partial charge >= 0.3 is 5.97 Å². The first-order valence-electron chi connectivity index (χ1n) is 4.16. The maximum absolute atomic E-state index is 11.3. The number of hydrogen-bond acceptors (Lipinski definition) is 4. The van der Waals surface area contributed by atoms with Gasteiger partial charge in [0, 0.05) is 6.61 Å². The fraction of sp³-hybridized carbons (Fsp3) is 0.857. The minimum absolute atomic E-state index is 0.138. The third-order valence-corrected chi connectivity index (χ3v) is 3.50. The van der Waals surface area contributed by atoms with Gasteiger partial charge in [-0.3, -0.25) is 4.79 Å². The standard InChI is InChI=1S/C7H15NO5S/c1-5(2)14(12,13)8-6(3-4-9)7(10)11/h5-6,8-9H,3-4H2,1-2H3,(H,10,11)/t6-/m1/s1. The molecule has 0 saturated carbocycles. The van der Waals surface area contributed by atoms with Crippen molar-refractivity contribution in [3.05, 3.63) is 0 Å². The summed E-state index contributed by atoms with van der Waals surface area (Å²) in [5.41, 5.74) is 0. The highest BCUT2D eigenvalue weighted by Gasteiger charge is 2.25. The summed E-state index contributed by atoms with van der Waals surface area (Å²) < 4.78 is 24.5. The number of carbonyl (C=O) groups is 1.